The molecular weight excluding hydrogens is 308 g/mol. The van der Waals surface area contributed by atoms with Crippen LogP contribution in [0.25, 0.3) is 0 Å². The number of halogens is 1. The Bertz CT molecular complexity index is 584. The van der Waals surface area contributed by atoms with E-state index >= 15 is 0 Å². The van der Waals surface area contributed by atoms with Crippen LogP contribution in [-0.2, 0) is 0 Å². The lowest BCUT2D eigenvalue weighted by molar-refractivity contribution is -0.384. The van der Waals surface area contributed by atoms with Crippen molar-refractivity contribution >= 4 is 27.3 Å². The van der Waals surface area contributed by atoms with Crippen LogP contribution < -0.4 is 5.32 Å². The van der Waals surface area contributed by atoms with Crippen molar-refractivity contribution in [2.75, 3.05) is 5.32 Å². The Hall–Kier alpha value is -1.88. The molecule has 4 nitrogen and oxygen atoms in total. The van der Waals surface area contributed by atoms with Crippen LogP contribution in [0.5, 0.6) is 0 Å². The highest BCUT2D eigenvalue weighted by Gasteiger charge is 2.14. The molecule has 0 aliphatic heterocycles. The molecule has 0 unspecified atom stereocenters. The van der Waals surface area contributed by atoms with Gasteiger partial charge in [-0.25, -0.2) is 0 Å². The quantitative estimate of drug-likeness (QED) is 0.665. The molecule has 1 atom stereocenters. The molecule has 2 aromatic rings. The molecule has 0 saturated carbocycles. The zero-order chi connectivity index (χ0) is 13.8. The number of benzene rings is 2. The first-order chi connectivity index (χ1) is 9.08. The van der Waals surface area contributed by atoms with Crippen LogP contribution in [0.1, 0.15) is 18.5 Å². The first-order valence-corrected chi connectivity index (χ1v) is 6.62. The smallest absolute Gasteiger partial charge is 0.292 e. The average Bonchev–Trinajstić information content (AvgIpc) is 2.39. The van der Waals surface area contributed by atoms with Gasteiger partial charge in [0.05, 0.1) is 4.92 Å². The zero-order valence-electron chi connectivity index (χ0n) is 10.3. The third-order valence-corrected chi connectivity index (χ3v) is 3.37. The van der Waals surface area contributed by atoms with Gasteiger partial charge in [0.15, 0.2) is 0 Å². The van der Waals surface area contributed by atoms with Gasteiger partial charge in [0.2, 0.25) is 0 Å². The second-order valence-corrected chi connectivity index (χ2v) is 5.11. The van der Waals surface area contributed by atoms with Crippen LogP contribution in [0.2, 0.25) is 0 Å². The summed E-state index contributed by atoms with van der Waals surface area (Å²) in [7, 11) is 0. The molecule has 0 saturated heterocycles. The minimum absolute atomic E-state index is 0.00537. The predicted molar refractivity (Wildman–Crippen MR) is 79.3 cm³/mol. The van der Waals surface area contributed by atoms with Gasteiger partial charge < -0.3 is 5.32 Å². The lowest BCUT2D eigenvalue weighted by Crippen LogP contribution is -2.08. The number of anilines is 1. The van der Waals surface area contributed by atoms with Gasteiger partial charge in [0.25, 0.3) is 5.69 Å². The van der Waals surface area contributed by atoms with E-state index in [1.54, 1.807) is 18.2 Å². The second-order valence-electron chi connectivity index (χ2n) is 4.19. The first kappa shape index (κ1) is 13.5. The Kier molecular flexibility index (Phi) is 4.16. The minimum atomic E-state index is -0.378. The first-order valence-electron chi connectivity index (χ1n) is 5.83. The lowest BCUT2D eigenvalue weighted by atomic mass is 10.1. The summed E-state index contributed by atoms with van der Waals surface area (Å²) in [5.74, 6) is 0. The van der Waals surface area contributed by atoms with Crippen LogP contribution in [0.4, 0.5) is 11.4 Å². The Balaban J connectivity index is 2.21. The highest BCUT2D eigenvalue weighted by molar-refractivity contribution is 9.10. The maximum Gasteiger partial charge on any atom is 0.292 e. The monoisotopic (exact) mass is 320 g/mol. The van der Waals surface area contributed by atoms with Crippen LogP contribution in [0.15, 0.2) is 53.0 Å². The molecule has 19 heavy (non-hydrogen) atoms. The van der Waals surface area contributed by atoms with Crippen LogP contribution in [0, 0.1) is 10.1 Å². The summed E-state index contributed by atoms with van der Waals surface area (Å²) in [5, 5.41) is 14.1. The van der Waals surface area contributed by atoms with Gasteiger partial charge in [-0.1, -0.05) is 40.2 Å². The number of rotatable bonds is 4. The van der Waals surface area contributed by atoms with E-state index in [1.165, 1.54) is 6.07 Å². The molecular formula is C14H13BrN2O2. The summed E-state index contributed by atoms with van der Waals surface area (Å²) in [4.78, 5) is 10.6. The maximum absolute atomic E-state index is 10.9. The van der Waals surface area contributed by atoms with E-state index in [-0.39, 0.29) is 16.7 Å². The summed E-state index contributed by atoms with van der Waals surface area (Å²) < 4.78 is 1.01. The van der Waals surface area contributed by atoms with E-state index in [1.807, 2.05) is 31.2 Å². The number of nitro groups is 1. The van der Waals surface area contributed by atoms with Crippen molar-refractivity contribution in [2.45, 2.75) is 13.0 Å². The molecule has 0 heterocycles. The largest absolute Gasteiger partial charge is 0.373 e. The number of hydrogen-bond donors (Lipinski definition) is 1. The molecule has 0 spiro atoms. The molecule has 98 valence electrons. The topological polar surface area (TPSA) is 55.2 Å². The van der Waals surface area contributed by atoms with E-state index < -0.39 is 0 Å². The number of nitro benzene ring substituents is 1. The summed E-state index contributed by atoms with van der Waals surface area (Å²) in [6.45, 7) is 1.97. The van der Waals surface area contributed by atoms with Crippen molar-refractivity contribution in [2.24, 2.45) is 0 Å². The Labute approximate surface area is 119 Å². The summed E-state index contributed by atoms with van der Waals surface area (Å²) >= 11 is 3.38. The summed E-state index contributed by atoms with van der Waals surface area (Å²) in [5.41, 5.74) is 1.69. The van der Waals surface area contributed by atoms with Crippen LogP contribution >= 0.6 is 15.9 Å². The van der Waals surface area contributed by atoms with Gasteiger partial charge in [-0.2, -0.15) is 0 Å². The molecule has 2 aromatic carbocycles. The predicted octanol–water partition coefficient (Wildman–Crippen LogP) is 4.53. The maximum atomic E-state index is 10.9. The molecule has 5 heteroatoms. The van der Waals surface area contributed by atoms with Gasteiger partial charge in [0, 0.05) is 16.6 Å². The van der Waals surface area contributed by atoms with E-state index in [9.17, 15) is 10.1 Å². The van der Waals surface area contributed by atoms with Crippen LogP contribution in [0.3, 0.4) is 0 Å². The third-order valence-electron chi connectivity index (χ3n) is 2.84. The normalized spacial score (nSPS) is 11.9. The van der Waals surface area contributed by atoms with Crippen molar-refractivity contribution in [3.05, 3.63) is 68.7 Å². The summed E-state index contributed by atoms with van der Waals surface area (Å²) in [6.07, 6.45) is 0. The fourth-order valence-corrected chi connectivity index (χ4v) is 2.09. The zero-order valence-corrected chi connectivity index (χ0v) is 11.9. The average molecular weight is 321 g/mol. The summed E-state index contributed by atoms with van der Waals surface area (Å²) in [6, 6.07) is 14.5. The molecule has 0 fully saturated rings. The van der Waals surface area contributed by atoms with Crippen molar-refractivity contribution in [1.82, 2.24) is 0 Å². The fraction of sp³-hybridized carbons (Fsp3) is 0.143. The fourth-order valence-electron chi connectivity index (χ4n) is 1.82. The molecule has 1 N–H and O–H groups in total. The van der Waals surface area contributed by atoms with Crippen molar-refractivity contribution in [1.29, 1.82) is 0 Å². The molecule has 0 aromatic heterocycles. The molecule has 0 bridgehead atoms. The Morgan fingerprint density at radius 3 is 2.42 bits per heavy atom. The molecule has 2 rings (SSSR count). The number of para-hydroxylation sites is 2. The SMILES string of the molecule is C[C@@H](Nc1ccccc1[N+](=O)[O-])c1ccc(Br)cc1. The van der Waals surface area contributed by atoms with E-state index in [0.29, 0.717) is 5.69 Å². The van der Waals surface area contributed by atoms with Crippen LogP contribution in [-0.4, -0.2) is 4.92 Å². The number of hydrogen-bond acceptors (Lipinski definition) is 3. The number of nitrogens with one attached hydrogen (secondary N) is 1. The Morgan fingerprint density at radius 1 is 1.16 bits per heavy atom. The highest BCUT2D eigenvalue weighted by atomic mass is 79.9. The second kappa shape index (κ2) is 5.84. The molecule has 0 radical (unpaired) electrons. The van der Waals surface area contributed by atoms with Gasteiger partial charge in [-0.15, -0.1) is 0 Å². The van der Waals surface area contributed by atoms with E-state index in [0.717, 1.165) is 10.0 Å². The van der Waals surface area contributed by atoms with Gasteiger partial charge >= 0.3 is 0 Å². The van der Waals surface area contributed by atoms with Gasteiger partial charge in [-0.05, 0) is 30.7 Å². The van der Waals surface area contributed by atoms with E-state index in [2.05, 4.69) is 21.2 Å². The molecule has 0 amide bonds. The Morgan fingerprint density at radius 2 is 1.79 bits per heavy atom. The standard InChI is InChI=1S/C14H13BrN2O2/c1-10(11-6-8-12(15)9-7-11)16-13-4-2-3-5-14(13)17(18)19/h2-10,16H,1H3/t10-/m1/s1. The lowest BCUT2D eigenvalue weighted by Gasteiger charge is -2.15. The molecule has 0 aliphatic rings. The van der Waals surface area contributed by atoms with Crippen molar-refractivity contribution < 1.29 is 4.92 Å². The third kappa shape index (κ3) is 3.32. The molecule has 0 aliphatic carbocycles. The van der Waals surface area contributed by atoms with Gasteiger partial charge in [0.1, 0.15) is 5.69 Å². The van der Waals surface area contributed by atoms with Crippen molar-refractivity contribution in [3.63, 3.8) is 0 Å². The van der Waals surface area contributed by atoms with Gasteiger partial charge in [-0.3, -0.25) is 10.1 Å². The number of nitrogens with zero attached hydrogens (tertiary/aromatic N) is 1. The van der Waals surface area contributed by atoms with Crippen molar-refractivity contribution in [3.8, 4) is 0 Å². The minimum Gasteiger partial charge on any atom is -0.373 e. The van der Waals surface area contributed by atoms with E-state index in [4.69, 9.17) is 0 Å². The highest BCUT2D eigenvalue weighted by Crippen LogP contribution is 2.28.